The zero-order chi connectivity index (χ0) is 22.8. The van der Waals surface area contributed by atoms with E-state index in [0.717, 1.165) is 49.9 Å². The van der Waals surface area contributed by atoms with Gasteiger partial charge in [-0.25, -0.2) is 9.97 Å². The number of carbonyl (C=O) groups is 1. The highest BCUT2D eigenvalue weighted by Gasteiger charge is 2.16. The Morgan fingerprint density at radius 3 is 2.76 bits per heavy atom. The zero-order valence-electron chi connectivity index (χ0n) is 18.2. The van der Waals surface area contributed by atoms with Crippen LogP contribution in [-0.2, 0) is 11.2 Å². The molecular weight excluding hydrogens is 452 g/mol. The molecule has 5 aromatic rings. The number of hydrogen-bond donors (Lipinski definition) is 2. The largest absolute Gasteiger partial charge is 0.493 e. The molecule has 2 aromatic carbocycles. The van der Waals surface area contributed by atoms with Crippen molar-refractivity contribution >= 4 is 44.6 Å². The number of anilines is 1. The predicted octanol–water partition coefficient (Wildman–Crippen LogP) is 6.30. The summed E-state index contributed by atoms with van der Waals surface area (Å²) in [4.78, 5) is 25.4. The van der Waals surface area contributed by atoms with E-state index in [1.165, 1.54) is 22.7 Å². The van der Waals surface area contributed by atoms with Crippen molar-refractivity contribution in [3.63, 3.8) is 0 Å². The first-order valence-electron chi connectivity index (χ1n) is 10.6. The summed E-state index contributed by atoms with van der Waals surface area (Å²) < 4.78 is 5.71. The molecule has 33 heavy (non-hydrogen) atoms. The Labute approximate surface area is 199 Å². The number of hydrogen-bond acceptors (Lipinski definition) is 6. The van der Waals surface area contributed by atoms with Crippen molar-refractivity contribution in [1.82, 2.24) is 15.0 Å². The number of ether oxygens (including phenoxy) is 1. The van der Waals surface area contributed by atoms with Gasteiger partial charge in [0.15, 0.2) is 5.13 Å². The fourth-order valence-electron chi connectivity index (χ4n) is 3.82. The van der Waals surface area contributed by atoms with Crippen LogP contribution >= 0.6 is 22.7 Å². The second-order valence-corrected chi connectivity index (χ2v) is 9.22. The highest BCUT2D eigenvalue weighted by molar-refractivity contribution is 7.14. The molecule has 6 nitrogen and oxygen atoms in total. The monoisotopic (exact) mass is 474 g/mol. The van der Waals surface area contributed by atoms with E-state index in [-0.39, 0.29) is 12.3 Å². The molecule has 3 heterocycles. The molecule has 0 atom stereocenters. The van der Waals surface area contributed by atoms with Crippen molar-refractivity contribution in [3.05, 3.63) is 70.7 Å². The topological polar surface area (TPSA) is 79.9 Å². The highest BCUT2D eigenvalue weighted by Crippen LogP contribution is 2.34. The van der Waals surface area contributed by atoms with E-state index in [0.29, 0.717) is 11.7 Å². The Bertz CT molecular complexity index is 1430. The molecule has 1 amide bonds. The van der Waals surface area contributed by atoms with Gasteiger partial charge in [0.2, 0.25) is 5.91 Å². The number of aromatic nitrogens is 3. The number of para-hydroxylation sites is 2. The minimum Gasteiger partial charge on any atom is -0.493 e. The standard InChI is InChI=1S/C25H22N4O2S2/c1-3-31-21-11-7-5-9-18(21)24-27-16(13-32-24)12-22(30)29-25-28-20(14-33-25)23-15(2)26-19-10-6-4-8-17(19)23/h4-11,13-14,26H,3,12H2,1-2H3,(H,28,29,30). The van der Waals surface area contributed by atoms with Gasteiger partial charge in [-0.2, -0.15) is 0 Å². The predicted molar refractivity (Wildman–Crippen MR) is 135 cm³/mol. The van der Waals surface area contributed by atoms with Gasteiger partial charge >= 0.3 is 0 Å². The van der Waals surface area contributed by atoms with E-state index >= 15 is 0 Å². The molecule has 0 radical (unpaired) electrons. The van der Waals surface area contributed by atoms with E-state index < -0.39 is 0 Å². The molecule has 3 aromatic heterocycles. The molecule has 0 aliphatic carbocycles. The Morgan fingerprint density at radius 2 is 1.88 bits per heavy atom. The number of aryl methyl sites for hydroxylation is 1. The molecule has 0 bridgehead atoms. The molecule has 0 aliphatic heterocycles. The van der Waals surface area contributed by atoms with Gasteiger partial charge in [-0.1, -0.05) is 30.3 Å². The summed E-state index contributed by atoms with van der Waals surface area (Å²) in [6.45, 7) is 4.58. The molecule has 0 saturated heterocycles. The zero-order valence-corrected chi connectivity index (χ0v) is 19.8. The van der Waals surface area contributed by atoms with Gasteiger partial charge in [0.25, 0.3) is 0 Å². The first-order valence-corrected chi connectivity index (χ1v) is 12.4. The van der Waals surface area contributed by atoms with Gasteiger partial charge in [-0.05, 0) is 32.0 Å². The Balaban J connectivity index is 1.29. The number of carbonyl (C=O) groups excluding carboxylic acids is 1. The maximum Gasteiger partial charge on any atom is 0.232 e. The van der Waals surface area contributed by atoms with Crippen LogP contribution < -0.4 is 10.1 Å². The summed E-state index contributed by atoms with van der Waals surface area (Å²) in [7, 11) is 0. The van der Waals surface area contributed by atoms with E-state index in [9.17, 15) is 4.79 Å². The average molecular weight is 475 g/mol. The Hall–Kier alpha value is -3.49. The van der Waals surface area contributed by atoms with Crippen molar-refractivity contribution in [1.29, 1.82) is 0 Å². The van der Waals surface area contributed by atoms with E-state index in [2.05, 4.69) is 32.4 Å². The lowest BCUT2D eigenvalue weighted by molar-refractivity contribution is -0.115. The van der Waals surface area contributed by atoms with Crippen LogP contribution in [0.25, 0.3) is 32.7 Å². The Kier molecular flexibility index (Phi) is 5.93. The second-order valence-electron chi connectivity index (χ2n) is 7.51. The van der Waals surface area contributed by atoms with Crippen molar-refractivity contribution in [2.24, 2.45) is 0 Å². The molecule has 0 fully saturated rings. The van der Waals surface area contributed by atoms with Crippen molar-refractivity contribution in [2.45, 2.75) is 20.3 Å². The number of nitrogens with zero attached hydrogens (tertiary/aromatic N) is 2. The maximum atomic E-state index is 12.7. The van der Waals surface area contributed by atoms with Crippen LogP contribution in [-0.4, -0.2) is 27.5 Å². The van der Waals surface area contributed by atoms with Crippen LogP contribution in [0.2, 0.25) is 0 Å². The van der Waals surface area contributed by atoms with Gasteiger partial charge in [0.1, 0.15) is 10.8 Å². The molecule has 8 heteroatoms. The van der Waals surface area contributed by atoms with Crippen molar-refractivity contribution in [2.75, 3.05) is 11.9 Å². The van der Waals surface area contributed by atoms with Gasteiger partial charge in [-0.3, -0.25) is 4.79 Å². The van der Waals surface area contributed by atoms with Gasteiger partial charge in [0.05, 0.1) is 30.0 Å². The van der Waals surface area contributed by atoms with Gasteiger partial charge < -0.3 is 15.0 Å². The normalized spacial score (nSPS) is 11.1. The van der Waals surface area contributed by atoms with Crippen LogP contribution in [0.5, 0.6) is 5.75 Å². The quantitative estimate of drug-likeness (QED) is 0.290. The lowest BCUT2D eigenvalue weighted by atomic mass is 10.1. The number of nitrogens with one attached hydrogen (secondary N) is 2. The molecule has 0 saturated carbocycles. The summed E-state index contributed by atoms with van der Waals surface area (Å²) >= 11 is 2.93. The minimum atomic E-state index is -0.138. The Morgan fingerprint density at radius 1 is 1.06 bits per heavy atom. The number of thiazole rings is 2. The summed E-state index contributed by atoms with van der Waals surface area (Å²) in [5, 5.41) is 9.36. The summed E-state index contributed by atoms with van der Waals surface area (Å²) in [6.07, 6.45) is 0.189. The number of rotatable bonds is 7. The van der Waals surface area contributed by atoms with Crippen LogP contribution in [0.3, 0.4) is 0 Å². The third-order valence-electron chi connectivity index (χ3n) is 5.21. The van der Waals surface area contributed by atoms with Gasteiger partial charge in [0, 0.05) is 32.9 Å². The van der Waals surface area contributed by atoms with E-state index in [4.69, 9.17) is 4.74 Å². The molecular formula is C25H22N4O2S2. The third-order valence-corrected chi connectivity index (χ3v) is 6.89. The lowest BCUT2D eigenvalue weighted by Gasteiger charge is -2.07. The van der Waals surface area contributed by atoms with E-state index in [1.807, 2.05) is 61.0 Å². The van der Waals surface area contributed by atoms with E-state index in [1.54, 1.807) is 0 Å². The van der Waals surface area contributed by atoms with Crippen LogP contribution in [0.1, 0.15) is 18.3 Å². The summed E-state index contributed by atoms with van der Waals surface area (Å²) in [5.74, 6) is 0.662. The van der Waals surface area contributed by atoms with Crippen LogP contribution in [0.15, 0.2) is 59.3 Å². The SMILES string of the molecule is CCOc1ccccc1-c1nc(CC(=O)Nc2nc(-c3c(C)[nH]c4ccccc34)cs2)cs1. The average Bonchev–Trinajstić information content (AvgIpc) is 3.52. The second kappa shape index (κ2) is 9.17. The number of amides is 1. The van der Waals surface area contributed by atoms with Crippen LogP contribution in [0, 0.1) is 6.92 Å². The number of H-pyrrole nitrogens is 1. The fourth-order valence-corrected chi connectivity index (χ4v) is 5.38. The first-order chi connectivity index (χ1) is 16.1. The molecule has 2 N–H and O–H groups in total. The fraction of sp³-hybridized carbons (Fsp3) is 0.160. The third kappa shape index (κ3) is 4.40. The smallest absolute Gasteiger partial charge is 0.232 e. The molecule has 5 rings (SSSR count). The number of fused-ring (bicyclic) bond motifs is 1. The summed E-state index contributed by atoms with van der Waals surface area (Å²) in [5.41, 5.74) is 5.72. The minimum absolute atomic E-state index is 0.138. The molecule has 0 unspecified atom stereocenters. The number of aromatic amines is 1. The highest BCUT2D eigenvalue weighted by atomic mass is 32.1. The first kappa shape index (κ1) is 21.4. The van der Waals surface area contributed by atoms with Crippen LogP contribution in [0.4, 0.5) is 5.13 Å². The van der Waals surface area contributed by atoms with Crippen molar-refractivity contribution < 1.29 is 9.53 Å². The molecule has 0 aliphatic rings. The van der Waals surface area contributed by atoms with Gasteiger partial charge in [-0.15, -0.1) is 22.7 Å². The van der Waals surface area contributed by atoms with Crippen molar-refractivity contribution in [3.8, 4) is 27.6 Å². The maximum absolute atomic E-state index is 12.7. The number of benzene rings is 2. The molecule has 166 valence electrons. The lowest BCUT2D eigenvalue weighted by Crippen LogP contribution is -2.14. The summed E-state index contributed by atoms with van der Waals surface area (Å²) in [6, 6.07) is 16.0. The molecule has 0 spiro atoms.